The van der Waals surface area contributed by atoms with E-state index < -0.39 is 58.7 Å². The number of carbonyl (C=O) groups excluding carboxylic acids is 2. The monoisotopic (exact) mass is 883 g/mol. The minimum absolute atomic E-state index is 0.0654. The molecule has 1 aliphatic carbocycles. The van der Waals surface area contributed by atoms with Crippen molar-refractivity contribution >= 4 is 51.7 Å². The van der Waals surface area contributed by atoms with Crippen molar-refractivity contribution in [3.05, 3.63) is 143 Å². The number of rotatable bonds is 11. The lowest BCUT2D eigenvalue weighted by Gasteiger charge is -2.47. The number of hydrazine groups is 1. The zero-order valence-electron chi connectivity index (χ0n) is 33.8. The van der Waals surface area contributed by atoms with Crippen LogP contribution in [0.1, 0.15) is 41.2 Å². The smallest absolute Gasteiger partial charge is 0.347 e. The second-order valence-electron chi connectivity index (χ2n) is 15.2. The number of aryl methyl sites for hydroxylation is 2. The first kappa shape index (κ1) is 40.8. The fourth-order valence-corrected chi connectivity index (χ4v) is 9.83. The van der Waals surface area contributed by atoms with Crippen LogP contribution in [0.25, 0.3) is 11.0 Å². The van der Waals surface area contributed by atoms with Crippen LogP contribution in [-0.4, -0.2) is 66.7 Å². The lowest BCUT2D eigenvalue weighted by atomic mass is 9.54. The summed E-state index contributed by atoms with van der Waals surface area (Å²) < 4.78 is 27.6. The van der Waals surface area contributed by atoms with Crippen LogP contribution in [0, 0.1) is 5.92 Å². The molecule has 2 fully saturated rings. The van der Waals surface area contributed by atoms with Crippen molar-refractivity contribution < 1.29 is 33.3 Å². The number of imide groups is 1. The van der Waals surface area contributed by atoms with Gasteiger partial charge in [-0.1, -0.05) is 41.4 Å². The van der Waals surface area contributed by atoms with Crippen LogP contribution in [-0.2, 0) is 48.2 Å². The van der Waals surface area contributed by atoms with Gasteiger partial charge in [0.15, 0.2) is 11.5 Å². The molecule has 0 bridgehead atoms. The SMILES string of the molecule is COc1ccc(C23C(=O)N(Nc4ccc(Cl)cc4Cl)C(=O)C2CC2C(=CCn4c(=O)n(CCc5nc6cc(OC)c(OC)cc6n(C)c5=O)c(=O)n42)C3c2ccc(CO)o2)cc1. The van der Waals surface area contributed by atoms with E-state index in [9.17, 15) is 24.3 Å². The van der Waals surface area contributed by atoms with E-state index in [0.29, 0.717) is 44.4 Å². The third kappa shape index (κ3) is 6.08. The van der Waals surface area contributed by atoms with Crippen molar-refractivity contribution in [2.24, 2.45) is 13.0 Å². The molecular formula is C43H39Cl2N7O10. The topological polar surface area (TPSA) is 194 Å². The molecule has 5 heterocycles. The van der Waals surface area contributed by atoms with Gasteiger partial charge in [-0.3, -0.25) is 19.8 Å². The number of halogens is 2. The van der Waals surface area contributed by atoms with Crippen LogP contribution in [0.3, 0.4) is 0 Å². The second-order valence-corrected chi connectivity index (χ2v) is 16.1. The Kier molecular flexibility index (Phi) is 10.1. The van der Waals surface area contributed by atoms with Crippen LogP contribution in [0.5, 0.6) is 17.2 Å². The predicted molar refractivity (Wildman–Crippen MR) is 226 cm³/mol. The van der Waals surface area contributed by atoms with E-state index in [-0.39, 0.29) is 53.9 Å². The maximum Gasteiger partial charge on any atom is 0.347 e. The number of allylic oxidation sites excluding steroid dienone is 2. The summed E-state index contributed by atoms with van der Waals surface area (Å²) in [5.41, 5.74) is 1.86. The summed E-state index contributed by atoms with van der Waals surface area (Å²) in [5, 5.41) is 11.6. The van der Waals surface area contributed by atoms with Crippen LogP contribution in [0.4, 0.5) is 5.69 Å². The van der Waals surface area contributed by atoms with Gasteiger partial charge in [-0.25, -0.2) is 28.5 Å². The Morgan fingerprint density at radius 2 is 1.66 bits per heavy atom. The van der Waals surface area contributed by atoms with Gasteiger partial charge in [-0.15, -0.1) is 0 Å². The number of furan rings is 1. The van der Waals surface area contributed by atoms with Gasteiger partial charge in [0, 0.05) is 37.2 Å². The molecule has 4 unspecified atom stereocenters. The number of nitrogens with zero attached hydrogens (tertiary/aromatic N) is 6. The number of hydrogen-bond acceptors (Lipinski definition) is 12. The zero-order valence-corrected chi connectivity index (χ0v) is 35.3. The molecule has 62 heavy (non-hydrogen) atoms. The fraction of sp³-hybridized carbons (Fsp3) is 0.302. The van der Waals surface area contributed by atoms with Gasteiger partial charge in [0.25, 0.3) is 17.4 Å². The Hall–Kier alpha value is -6.56. The standard InChI is InChI=1S/C43H39Cl2N7O10/c1-48-33-20-36(61-4)35(60-3)19-31(33)46-30(39(48)55)14-15-49-41(57)50-16-13-26-32(52(50)42(49)58)18-27-38(54)51(47-29-11-7-23(44)17-28(29)45)40(56)43(27,22-5-8-24(59-2)9-6-22)37(26)34-12-10-25(21-53)62-34/h5-13,17,19-20,27,32,37,47,53H,14-16,18,21H2,1-4H3. The first-order valence-corrected chi connectivity index (χ1v) is 20.3. The van der Waals surface area contributed by atoms with Crippen LogP contribution < -0.4 is 36.6 Å². The molecule has 3 aliphatic rings. The summed E-state index contributed by atoms with van der Waals surface area (Å²) in [6, 6.07) is 17.0. The molecule has 17 nitrogen and oxygen atoms in total. The Morgan fingerprint density at radius 1 is 0.919 bits per heavy atom. The average Bonchev–Trinajstić information content (AvgIpc) is 3.92. The van der Waals surface area contributed by atoms with Crippen LogP contribution in [0.2, 0.25) is 10.0 Å². The highest BCUT2D eigenvalue weighted by Gasteiger charge is 2.69. The van der Waals surface area contributed by atoms with Crippen LogP contribution in [0.15, 0.2) is 97.2 Å². The molecule has 3 aromatic heterocycles. The molecule has 2 N–H and O–H groups in total. The predicted octanol–water partition coefficient (Wildman–Crippen LogP) is 4.34. The van der Waals surface area contributed by atoms with E-state index in [1.54, 1.807) is 73.8 Å². The number of nitrogens with one attached hydrogen (secondary N) is 1. The number of hydrogen-bond donors (Lipinski definition) is 2. The number of methoxy groups -OCH3 is 3. The second kappa shape index (κ2) is 15.4. The normalized spacial score (nSPS) is 20.5. The number of aliphatic hydroxyl groups is 1. The van der Waals surface area contributed by atoms with Gasteiger partial charge in [0.05, 0.1) is 67.5 Å². The van der Waals surface area contributed by atoms with Crippen molar-refractivity contribution in [3.63, 3.8) is 0 Å². The number of aromatic nitrogens is 5. The Bertz CT molecular complexity index is 3040. The lowest BCUT2D eigenvalue weighted by molar-refractivity contribution is -0.138. The number of anilines is 1. The number of carbonyl (C=O) groups is 2. The minimum atomic E-state index is -1.68. The van der Waals surface area contributed by atoms with Gasteiger partial charge in [0.2, 0.25) is 0 Å². The number of benzene rings is 3. The van der Waals surface area contributed by atoms with E-state index in [2.05, 4.69) is 10.4 Å². The molecule has 19 heteroatoms. The van der Waals surface area contributed by atoms with Gasteiger partial charge in [-0.2, -0.15) is 5.01 Å². The molecular weight excluding hydrogens is 845 g/mol. The average molecular weight is 885 g/mol. The summed E-state index contributed by atoms with van der Waals surface area (Å²) in [4.78, 5) is 77.3. The zero-order chi connectivity index (χ0) is 43.8. The molecule has 1 saturated carbocycles. The van der Waals surface area contributed by atoms with E-state index in [1.807, 2.05) is 0 Å². The van der Waals surface area contributed by atoms with E-state index in [4.69, 9.17) is 41.8 Å². The summed E-state index contributed by atoms with van der Waals surface area (Å²) in [5.74, 6) is -1.59. The molecule has 6 aromatic rings. The van der Waals surface area contributed by atoms with Crippen molar-refractivity contribution in [1.29, 1.82) is 0 Å². The summed E-state index contributed by atoms with van der Waals surface area (Å²) in [6.07, 6.45) is 1.64. The molecule has 3 aromatic carbocycles. The summed E-state index contributed by atoms with van der Waals surface area (Å²) in [6.45, 7) is -0.698. The number of aliphatic hydroxyl groups excluding tert-OH is 1. The largest absolute Gasteiger partial charge is 0.497 e. The first-order valence-electron chi connectivity index (χ1n) is 19.5. The maximum absolute atomic E-state index is 15.4. The van der Waals surface area contributed by atoms with Crippen molar-refractivity contribution in [2.45, 2.75) is 49.9 Å². The quantitative estimate of drug-likeness (QED) is 0.138. The third-order valence-electron chi connectivity index (χ3n) is 12.3. The third-order valence-corrected chi connectivity index (χ3v) is 12.8. The molecule has 320 valence electrons. The lowest BCUT2D eigenvalue weighted by Crippen LogP contribution is -2.53. The molecule has 0 radical (unpaired) electrons. The highest BCUT2D eigenvalue weighted by Crippen LogP contribution is 2.62. The van der Waals surface area contributed by atoms with E-state index in [1.165, 1.54) is 41.3 Å². The molecule has 0 spiro atoms. The highest BCUT2D eigenvalue weighted by atomic mass is 35.5. The summed E-state index contributed by atoms with van der Waals surface area (Å²) in [7, 11) is 6.08. The molecule has 2 aliphatic heterocycles. The van der Waals surface area contributed by atoms with Crippen molar-refractivity contribution in [1.82, 2.24) is 28.5 Å². The first-order chi connectivity index (χ1) is 29.8. The highest BCUT2D eigenvalue weighted by molar-refractivity contribution is 6.36. The number of ether oxygens (including phenoxy) is 3. The number of amides is 2. The Labute approximate surface area is 361 Å². The van der Waals surface area contributed by atoms with Crippen LogP contribution >= 0.6 is 23.2 Å². The summed E-state index contributed by atoms with van der Waals surface area (Å²) >= 11 is 12.7. The minimum Gasteiger partial charge on any atom is -0.497 e. The van der Waals surface area contributed by atoms with Gasteiger partial charge < -0.3 is 28.3 Å². The molecule has 9 rings (SSSR count). The maximum atomic E-state index is 15.4. The molecule has 4 atom stereocenters. The molecule has 2 amide bonds. The Balaban J connectivity index is 1.16. The van der Waals surface area contributed by atoms with E-state index >= 15 is 4.79 Å². The van der Waals surface area contributed by atoms with Gasteiger partial charge in [0.1, 0.15) is 35.0 Å². The Morgan fingerprint density at radius 3 is 2.34 bits per heavy atom. The fourth-order valence-electron chi connectivity index (χ4n) is 9.38. The molecule has 1 saturated heterocycles. The van der Waals surface area contributed by atoms with E-state index in [0.717, 1.165) is 9.58 Å². The van der Waals surface area contributed by atoms with Gasteiger partial charge >= 0.3 is 11.4 Å². The van der Waals surface area contributed by atoms with Gasteiger partial charge in [-0.05, 0) is 60.0 Å². The van der Waals surface area contributed by atoms with Crippen molar-refractivity contribution in [2.75, 3.05) is 26.8 Å². The van der Waals surface area contributed by atoms with Crippen molar-refractivity contribution in [3.8, 4) is 17.2 Å². The number of fused-ring (bicyclic) bond motifs is 5.